The van der Waals surface area contributed by atoms with Crippen LogP contribution in [0.15, 0.2) is 29.2 Å². The molecule has 0 unspecified atom stereocenters. The van der Waals surface area contributed by atoms with Gasteiger partial charge in [-0.1, -0.05) is 19.1 Å². The lowest BCUT2D eigenvalue weighted by atomic mass is 10.2. The van der Waals surface area contributed by atoms with Gasteiger partial charge in [-0.05, 0) is 24.1 Å². The predicted octanol–water partition coefficient (Wildman–Crippen LogP) is 2.51. The van der Waals surface area contributed by atoms with Gasteiger partial charge in [-0.25, -0.2) is 13.4 Å². The lowest BCUT2D eigenvalue weighted by molar-refractivity contribution is 0.602. The van der Waals surface area contributed by atoms with Crippen LogP contribution in [0.1, 0.15) is 24.7 Å². The molecule has 7 heteroatoms. The van der Waals surface area contributed by atoms with Crippen LogP contribution in [0.4, 0.5) is 5.13 Å². The highest BCUT2D eigenvalue weighted by atomic mass is 32.2. The topological polar surface area (TPSA) is 72.0 Å². The van der Waals surface area contributed by atoms with Gasteiger partial charge in [-0.2, -0.15) is 4.37 Å². The Hall–Kier alpha value is -1.47. The van der Waals surface area contributed by atoms with Crippen molar-refractivity contribution in [1.29, 1.82) is 0 Å². The van der Waals surface area contributed by atoms with Crippen LogP contribution < -0.4 is 5.32 Å². The van der Waals surface area contributed by atoms with Crippen LogP contribution in [-0.4, -0.2) is 24.0 Å². The van der Waals surface area contributed by atoms with Gasteiger partial charge < -0.3 is 5.32 Å². The van der Waals surface area contributed by atoms with Gasteiger partial charge in [0.05, 0.1) is 4.90 Å². The van der Waals surface area contributed by atoms with E-state index >= 15 is 0 Å². The van der Waals surface area contributed by atoms with Crippen molar-refractivity contribution in [3.05, 3.63) is 35.7 Å². The standard InChI is InChI=1S/C13H17N3O2S2/c1-3-4-12-15-13(19-16-12)14-9-10-5-7-11(8-6-10)20(2,17)18/h5-8H,3-4,9H2,1-2H3,(H,14,15,16). The van der Waals surface area contributed by atoms with Crippen LogP contribution in [0.2, 0.25) is 0 Å². The van der Waals surface area contributed by atoms with Crippen molar-refractivity contribution in [2.24, 2.45) is 0 Å². The van der Waals surface area contributed by atoms with Crippen LogP contribution in [0, 0.1) is 0 Å². The molecular formula is C13H17N3O2S2. The second-order valence-electron chi connectivity index (χ2n) is 4.54. The predicted molar refractivity (Wildman–Crippen MR) is 80.8 cm³/mol. The summed E-state index contributed by atoms with van der Waals surface area (Å²) in [5.41, 5.74) is 1.00. The average Bonchev–Trinajstić information content (AvgIpc) is 2.84. The molecule has 20 heavy (non-hydrogen) atoms. The monoisotopic (exact) mass is 311 g/mol. The first kappa shape index (κ1) is 14.9. The van der Waals surface area contributed by atoms with Gasteiger partial charge in [0, 0.05) is 30.8 Å². The number of rotatable bonds is 6. The third kappa shape index (κ3) is 4.01. The van der Waals surface area contributed by atoms with Gasteiger partial charge in [0.25, 0.3) is 0 Å². The number of aromatic nitrogens is 2. The number of hydrogen-bond acceptors (Lipinski definition) is 6. The van der Waals surface area contributed by atoms with Crippen molar-refractivity contribution >= 4 is 26.5 Å². The Morgan fingerprint density at radius 1 is 1.25 bits per heavy atom. The van der Waals surface area contributed by atoms with Crippen molar-refractivity contribution in [1.82, 2.24) is 9.36 Å². The Kier molecular flexibility index (Phi) is 4.72. The number of hydrogen-bond donors (Lipinski definition) is 1. The molecule has 0 atom stereocenters. The Morgan fingerprint density at radius 3 is 2.55 bits per heavy atom. The molecule has 2 rings (SSSR count). The molecule has 1 N–H and O–H groups in total. The molecule has 0 amide bonds. The molecule has 1 heterocycles. The van der Waals surface area contributed by atoms with Crippen molar-refractivity contribution < 1.29 is 8.42 Å². The van der Waals surface area contributed by atoms with Gasteiger partial charge in [0.15, 0.2) is 9.84 Å². The summed E-state index contributed by atoms with van der Waals surface area (Å²) >= 11 is 1.35. The third-order valence-electron chi connectivity index (χ3n) is 2.74. The zero-order valence-corrected chi connectivity index (χ0v) is 13.1. The van der Waals surface area contributed by atoms with Gasteiger partial charge >= 0.3 is 0 Å². The van der Waals surface area contributed by atoms with Gasteiger partial charge in [0.1, 0.15) is 5.82 Å². The summed E-state index contributed by atoms with van der Waals surface area (Å²) < 4.78 is 27.0. The second kappa shape index (κ2) is 6.32. The molecule has 0 radical (unpaired) electrons. The van der Waals surface area contributed by atoms with Crippen LogP contribution in [0.3, 0.4) is 0 Å². The largest absolute Gasteiger partial charge is 0.356 e. The van der Waals surface area contributed by atoms with E-state index in [0.29, 0.717) is 11.4 Å². The first-order chi connectivity index (χ1) is 9.49. The Morgan fingerprint density at radius 2 is 1.95 bits per heavy atom. The fourth-order valence-electron chi connectivity index (χ4n) is 1.68. The van der Waals surface area contributed by atoms with Crippen LogP contribution in [0.5, 0.6) is 0 Å². The van der Waals surface area contributed by atoms with E-state index in [9.17, 15) is 8.42 Å². The number of nitrogens with one attached hydrogen (secondary N) is 1. The highest BCUT2D eigenvalue weighted by Gasteiger charge is 2.06. The first-order valence-corrected chi connectivity index (χ1v) is 9.01. The second-order valence-corrected chi connectivity index (χ2v) is 7.30. The van der Waals surface area contributed by atoms with Crippen LogP contribution >= 0.6 is 11.5 Å². The quantitative estimate of drug-likeness (QED) is 0.887. The zero-order valence-electron chi connectivity index (χ0n) is 11.5. The summed E-state index contributed by atoms with van der Waals surface area (Å²) in [4.78, 5) is 4.71. The van der Waals surface area contributed by atoms with E-state index in [4.69, 9.17) is 0 Å². The molecule has 1 aromatic carbocycles. The van der Waals surface area contributed by atoms with Crippen molar-refractivity contribution in [3.8, 4) is 0 Å². The molecule has 0 aliphatic carbocycles. The molecule has 0 spiro atoms. The molecule has 5 nitrogen and oxygen atoms in total. The molecule has 0 saturated heterocycles. The molecule has 0 aliphatic heterocycles. The summed E-state index contributed by atoms with van der Waals surface area (Å²) in [5.74, 6) is 0.868. The van der Waals surface area contributed by atoms with Crippen molar-refractivity contribution in [2.45, 2.75) is 31.2 Å². The molecule has 0 saturated carbocycles. The number of nitrogens with zero attached hydrogens (tertiary/aromatic N) is 2. The summed E-state index contributed by atoms with van der Waals surface area (Å²) in [5, 5.41) is 3.99. The molecule has 0 aliphatic rings. The van der Waals surface area contributed by atoms with Crippen molar-refractivity contribution in [3.63, 3.8) is 0 Å². The van der Waals surface area contributed by atoms with Gasteiger partial charge in [-0.3, -0.25) is 0 Å². The maximum atomic E-state index is 11.4. The van der Waals surface area contributed by atoms with E-state index in [1.54, 1.807) is 24.3 Å². The first-order valence-electron chi connectivity index (χ1n) is 6.34. The van der Waals surface area contributed by atoms with Crippen LogP contribution in [0.25, 0.3) is 0 Å². The van der Waals surface area contributed by atoms with Crippen molar-refractivity contribution in [2.75, 3.05) is 11.6 Å². The fraction of sp³-hybridized carbons (Fsp3) is 0.385. The molecule has 0 bridgehead atoms. The number of benzene rings is 1. The highest BCUT2D eigenvalue weighted by molar-refractivity contribution is 7.90. The van der Waals surface area contributed by atoms with Crippen LogP contribution in [-0.2, 0) is 22.8 Å². The Balaban J connectivity index is 1.96. The number of anilines is 1. The molecule has 0 fully saturated rings. The zero-order chi connectivity index (χ0) is 14.6. The third-order valence-corrected chi connectivity index (χ3v) is 4.58. The minimum Gasteiger partial charge on any atom is -0.356 e. The molecular weight excluding hydrogens is 294 g/mol. The summed E-state index contributed by atoms with van der Waals surface area (Å²) in [6.45, 7) is 2.70. The van der Waals surface area contributed by atoms with E-state index in [1.807, 2.05) is 0 Å². The van der Waals surface area contributed by atoms with E-state index < -0.39 is 9.84 Å². The fourth-order valence-corrected chi connectivity index (χ4v) is 2.92. The Labute approximate surface area is 123 Å². The van der Waals surface area contributed by atoms with Gasteiger partial charge in [0.2, 0.25) is 5.13 Å². The van der Waals surface area contributed by atoms with E-state index in [1.165, 1.54) is 17.8 Å². The summed E-state index contributed by atoms with van der Waals surface area (Å²) in [6.07, 6.45) is 3.13. The maximum Gasteiger partial charge on any atom is 0.202 e. The summed E-state index contributed by atoms with van der Waals surface area (Å²) in [6, 6.07) is 6.85. The van der Waals surface area contributed by atoms with E-state index in [-0.39, 0.29) is 0 Å². The number of aryl methyl sites for hydroxylation is 1. The smallest absolute Gasteiger partial charge is 0.202 e. The average molecular weight is 311 g/mol. The minimum atomic E-state index is -3.13. The Bertz CT molecular complexity index is 663. The molecule has 1 aromatic heterocycles. The maximum absolute atomic E-state index is 11.4. The lowest BCUT2D eigenvalue weighted by Gasteiger charge is -2.03. The van der Waals surface area contributed by atoms with E-state index in [2.05, 4.69) is 21.6 Å². The lowest BCUT2D eigenvalue weighted by Crippen LogP contribution is -2.01. The van der Waals surface area contributed by atoms with E-state index in [0.717, 1.165) is 29.4 Å². The normalized spacial score (nSPS) is 11.5. The SMILES string of the molecule is CCCc1nsc(NCc2ccc(S(C)(=O)=O)cc2)n1. The summed E-state index contributed by atoms with van der Waals surface area (Å²) in [7, 11) is -3.13. The van der Waals surface area contributed by atoms with Gasteiger partial charge in [-0.15, -0.1) is 0 Å². The molecule has 2 aromatic rings. The highest BCUT2D eigenvalue weighted by Crippen LogP contribution is 2.15. The minimum absolute atomic E-state index is 0.336. The number of sulfone groups is 1. The molecule has 108 valence electrons.